The van der Waals surface area contributed by atoms with Crippen LogP contribution >= 0.6 is 11.6 Å². The third kappa shape index (κ3) is 4.06. The van der Waals surface area contributed by atoms with Crippen molar-refractivity contribution in [3.8, 4) is 22.5 Å². The molecule has 2 heterocycles. The zero-order valence-electron chi connectivity index (χ0n) is 15.9. The number of carbonyl (C=O) groups excluding carboxylic acids is 1. The first-order valence-corrected chi connectivity index (χ1v) is 9.46. The fourth-order valence-corrected chi connectivity index (χ4v) is 3.14. The molecule has 6 nitrogen and oxygen atoms in total. The van der Waals surface area contributed by atoms with E-state index in [0.29, 0.717) is 22.0 Å². The number of rotatable bonds is 5. The maximum atomic E-state index is 13.9. The van der Waals surface area contributed by atoms with Gasteiger partial charge in [-0.3, -0.25) is 10.1 Å². The first-order valence-electron chi connectivity index (χ1n) is 9.09. The van der Waals surface area contributed by atoms with Crippen molar-refractivity contribution in [1.82, 2.24) is 15.1 Å². The van der Waals surface area contributed by atoms with Gasteiger partial charge in [-0.15, -0.1) is 0 Å². The summed E-state index contributed by atoms with van der Waals surface area (Å²) in [6, 6.07) is 13.2. The number of hydrogen-bond donors (Lipinski definition) is 1. The van der Waals surface area contributed by atoms with Gasteiger partial charge in [0.25, 0.3) is 0 Å². The second kappa shape index (κ2) is 8.42. The van der Waals surface area contributed by atoms with Gasteiger partial charge in [0.15, 0.2) is 0 Å². The molecule has 0 aliphatic rings. The molecule has 0 aliphatic heterocycles. The molecule has 0 radical (unpaired) electrons. The number of nitrogens with one attached hydrogen (secondary N) is 1. The molecule has 8 heteroatoms. The summed E-state index contributed by atoms with van der Waals surface area (Å²) in [6.45, 7) is 1.88. The van der Waals surface area contributed by atoms with Gasteiger partial charge < -0.3 is 4.52 Å². The van der Waals surface area contributed by atoms with Crippen LogP contribution in [0.4, 0.5) is 10.3 Å². The molecule has 2 aromatic heterocycles. The number of aromatic nitrogens is 3. The van der Waals surface area contributed by atoms with Crippen LogP contribution in [0.2, 0.25) is 5.02 Å². The number of halogens is 2. The molecule has 30 heavy (non-hydrogen) atoms. The largest absolute Gasteiger partial charge is 0.337 e. The Hall–Kier alpha value is -3.58. The van der Waals surface area contributed by atoms with Crippen molar-refractivity contribution in [1.29, 1.82) is 0 Å². The lowest BCUT2D eigenvalue weighted by Gasteiger charge is -2.07. The minimum absolute atomic E-state index is 0.123. The summed E-state index contributed by atoms with van der Waals surface area (Å²) < 4.78 is 19.3. The number of amides is 1. The molecule has 0 fully saturated rings. The quantitative estimate of drug-likeness (QED) is 0.485. The highest BCUT2D eigenvalue weighted by molar-refractivity contribution is 6.31. The number of anilines is 1. The van der Waals surface area contributed by atoms with E-state index in [0.717, 1.165) is 11.1 Å². The van der Waals surface area contributed by atoms with Gasteiger partial charge in [0.1, 0.15) is 17.8 Å². The van der Waals surface area contributed by atoms with E-state index in [1.54, 1.807) is 36.5 Å². The number of aryl methyl sites for hydroxylation is 1. The van der Waals surface area contributed by atoms with Crippen molar-refractivity contribution in [2.45, 2.75) is 13.3 Å². The highest BCUT2D eigenvalue weighted by Crippen LogP contribution is 2.37. The van der Waals surface area contributed by atoms with E-state index in [1.807, 2.05) is 19.1 Å². The van der Waals surface area contributed by atoms with E-state index in [9.17, 15) is 9.18 Å². The third-order valence-corrected chi connectivity index (χ3v) is 4.95. The molecule has 0 spiro atoms. The fourth-order valence-electron chi connectivity index (χ4n) is 3.03. The van der Waals surface area contributed by atoms with Crippen LogP contribution in [0.1, 0.15) is 11.1 Å². The summed E-state index contributed by atoms with van der Waals surface area (Å²) >= 11 is 6.14. The second-order valence-electron chi connectivity index (χ2n) is 6.61. The van der Waals surface area contributed by atoms with Crippen LogP contribution in [0.25, 0.3) is 22.5 Å². The average molecular weight is 423 g/mol. The lowest BCUT2D eigenvalue weighted by molar-refractivity contribution is -0.115. The number of benzene rings is 2. The first kappa shape index (κ1) is 19.7. The van der Waals surface area contributed by atoms with Gasteiger partial charge in [0.2, 0.25) is 11.8 Å². The van der Waals surface area contributed by atoms with Crippen molar-refractivity contribution in [2.75, 3.05) is 5.32 Å². The van der Waals surface area contributed by atoms with Crippen LogP contribution < -0.4 is 5.32 Å². The smallest absolute Gasteiger partial charge is 0.241 e. The Morgan fingerprint density at radius 1 is 1.20 bits per heavy atom. The van der Waals surface area contributed by atoms with Gasteiger partial charge in [-0.05, 0) is 42.3 Å². The Labute approximate surface area is 176 Å². The van der Waals surface area contributed by atoms with Crippen LogP contribution in [0.5, 0.6) is 0 Å². The molecule has 0 aliphatic carbocycles. The maximum absolute atomic E-state index is 13.9. The van der Waals surface area contributed by atoms with E-state index in [2.05, 4.69) is 20.4 Å². The first-order chi connectivity index (χ1) is 14.5. The maximum Gasteiger partial charge on any atom is 0.241 e. The fraction of sp³-hybridized carbons (Fsp3) is 0.0909. The van der Waals surface area contributed by atoms with Crippen molar-refractivity contribution >= 4 is 23.4 Å². The van der Waals surface area contributed by atoms with Crippen LogP contribution in [-0.2, 0) is 11.2 Å². The normalized spacial score (nSPS) is 10.8. The number of hydrogen-bond acceptors (Lipinski definition) is 5. The summed E-state index contributed by atoms with van der Waals surface area (Å²) in [5.74, 6) is -0.762. The molecule has 2 aromatic carbocycles. The molecule has 0 saturated carbocycles. The SMILES string of the molecule is Cc1cc(-c2noc(NC(=O)Cc3ccccc3F)c2-c2ccncn2)ccc1Cl. The minimum Gasteiger partial charge on any atom is -0.337 e. The molecule has 4 aromatic rings. The lowest BCUT2D eigenvalue weighted by Crippen LogP contribution is -2.15. The molecule has 0 atom stereocenters. The Morgan fingerprint density at radius 2 is 2.03 bits per heavy atom. The van der Waals surface area contributed by atoms with E-state index in [1.165, 1.54) is 12.4 Å². The van der Waals surface area contributed by atoms with Gasteiger partial charge in [0, 0.05) is 16.8 Å². The second-order valence-corrected chi connectivity index (χ2v) is 7.02. The Balaban J connectivity index is 1.71. The molecule has 1 amide bonds. The van der Waals surface area contributed by atoms with Crippen molar-refractivity contribution in [3.05, 3.63) is 83.0 Å². The standard InChI is InChI=1S/C22H16ClFN4O2/c1-13-10-15(6-7-16(13)23)21-20(18-8-9-25-12-26-18)22(30-28-21)27-19(29)11-14-4-2-3-5-17(14)24/h2-10,12H,11H2,1H3,(H,27,29). The minimum atomic E-state index is -0.446. The zero-order valence-corrected chi connectivity index (χ0v) is 16.7. The summed E-state index contributed by atoms with van der Waals surface area (Å²) in [4.78, 5) is 20.7. The number of carbonyl (C=O) groups is 1. The van der Waals surface area contributed by atoms with Crippen molar-refractivity contribution in [2.24, 2.45) is 0 Å². The highest BCUT2D eigenvalue weighted by Gasteiger charge is 2.23. The monoisotopic (exact) mass is 422 g/mol. The Bertz CT molecular complexity index is 1210. The molecule has 0 unspecified atom stereocenters. The van der Waals surface area contributed by atoms with Gasteiger partial charge in [-0.25, -0.2) is 14.4 Å². The molecule has 0 bridgehead atoms. The molecule has 150 valence electrons. The highest BCUT2D eigenvalue weighted by atomic mass is 35.5. The van der Waals surface area contributed by atoms with Gasteiger partial charge in [-0.2, -0.15) is 0 Å². The van der Waals surface area contributed by atoms with E-state index in [-0.39, 0.29) is 17.9 Å². The lowest BCUT2D eigenvalue weighted by atomic mass is 10.0. The number of nitrogens with zero attached hydrogens (tertiary/aromatic N) is 3. The van der Waals surface area contributed by atoms with Gasteiger partial charge in [-0.1, -0.05) is 41.0 Å². The van der Waals surface area contributed by atoms with Gasteiger partial charge >= 0.3 is 0 Å². The Kier molecular flexibility index (Phi) is 5.54. The van der Waals surface area contributed by atoms with E-state index in [4.69, 9.17) is 16.1 Å². The summed E-state index contributed by atoms with van der Waals surface area (Å²) in [7, 11) is 0. The third-order valence-electron chi connectivity index (χ3n) is 4.52. The summed E-state index contributed by atoms with van der Waals surface area (Å²) in [6.07, 6.45) is 2.83. The molecular formula is C22H16ClFN4O2. The summed E-state index contributed by atoms with van der Waals surface area (Å²) in [5.41, 5.74) is 3.43. The van der Waals surface area contributed by atoms with Crippen LogP contribution in [0, 0.1) is 12.7 Å². The average Bonchev–Trinajstić information content (AvgIpc) is 3.15. The van der Waals surface area contributed by atoms with Crippen LogP contribution in [0.3, 0.4) is 0 Å². The molecule has 4 rings (SSSR count). The topological polar surface area (TPSA) is 80.9 Å². The van der Waals surface area contributed by atoms with E-state index >= 15 is 0 Å². The molecule has 0 saturated heterocycles. The van der Waals surface area contributed by atoms with Crippen LogP contribution in [0.15, 0.2) is 65.6 Å². The summed E-state index contributed by atoms with van der Waals surface area (Å²) in [5, 5.41) is 7.45. The van der Waals surface area contributed by atoms with E-state index < -0.39 is 11.7 Å². The predicted octanol–water partition coefficient (Wildman–Crippen LogP) is 5.08. The van der Waals surface area contributed by atoms with Crippen molar-refractivity contribution < 1.29 is 13.7 Å². The van der Waals surface area contributed by atoms with Crippen LogP contribution in [-0.4, -0.2) is 21.0 Å². The van der Waals surface area contributed by atoms with Crippen molar-refractivity contribution in [3.63, 3.8) is 0 Å². The molecule has 1 N–H and O–H groups in total. The predicted molar refractivity (Wildman–Crippen MR) is 111 cm³/mol. The Morgan fingerprint density at radius 3 is 2.77 bits per heavy atom. The van der Waals surface area contributed by atoms with Gasteiger partial charge in [0.05, 0.1) is 17.7 Å². The molecular weight excluding hydrogens is 407 g/mol. The zero-order chi connectivity index (χ0) is 21.1.